The van der Waals surface area contributed by atoms with Gasteiger partial charge in [-0.1, -0.05) is 19.3 Å². The van der Waals surface area contributed by atoms with Crippen LogP contribution in [0, 0.1) is 0 Å². The molecule has 1 aliphatic heterocycles. The second kappa shape index (κ2) is 8.53. The van der Waals surface area contributed by atoms with Crippen molar-refractivity contribution in [3.05, 3.63) is 0 Å². The first kappa shape index (κ1) is 22.0. The SMILES string of the molecule is CCNC(=NCC1(O)CCCCC1)N1CCS(=O)(=O)C(C)(C)C1.I. The van der Waals surface area contributed by atoms with E-state index in [0.29, 0.717) is 19.6 Å². The molecule has 2 N–H and O–H groups in total. The fourth-order valence-electron chi connectivity index (χ4n) is 3.34. The van der Waals surface area contributed by atoms with Gasteiger partial charge in [-0.05, 0) is 33.6 Å². The van der Waals surface area contributed by atoms with Crippen LogP contribution in [-0.4, -0.2) is 66.7 Å². The second-order valence-corrected chi connectivity index (χ2v) is 10.2. The number of hydrogen-bond donors (Lipinski definition) is 2. The Morgan fingerprint density at radius 2 is 1.88 bits per heavy atom. The summed E-state index contributed by atoms with van der Waals surface area (Å²) in [6.45, 7) is 7.53. The van der Waals surface area contributed by atoms with E-state index >= 15 is 0 Å². The fourth-order valence-corrected chi connectivity index (χ4v) is 4.71. The summed E-state index contributed by atoms with van der Waals surface area (Å²) in [5.41, 5.74) is -0.698. The van der Waals surface area contributed by atoms with Crippen LogP contribution in [0.15, 0.2) is 4.99 Å². The zero-order chi connectivity index (χ0) is 17.1. The summed E-state index contributed by atoms with van der Waals surface area (Å²) in [4.78, 5) is 6.64. The first-order chi connectivity index (χ1) is 10.7. The number of sulfone groups is 1. The Morgan fingerprint density at radius 3 is 2.42 bits per heavy atom. The van der Waals surface area contributed by atoms with Crippen LogP contribution in [0.25, 0.3) is 0 Å². The van der Waals surface area contributed by atoms with Crippen molar-refractivity contribution in [2.24, 2.45) is 4.99 Å². The molecule has 0 aromatic carbocycles. The maximum Gasteiger partial charge on any atom is 0.194 e. The summed E-state index contributed by atoms with van der Waals surface area (Å²) >= 11 is 0. The standard InChI is InChI=1S/C16H31N3O3S.HI/c1-4-17-14(18-12-16(20)8-6-5-7-9-16)19-10-11-23(21,22)15(2,3)13-19;/h20H,4-13H2,1-3H3,(H,17,18);1H. The van der Waals surface area contributed by atoms with Crippen LogP contribution < -0.4 is 5.32 Å². The molecule has 0 spiro atoms. The van der Waals surface area contributed by atoms with Crippen molar-refractivity contribution in [2.45, 2.75) is 63.2 Å². The topological polar surface area (TPSA) is 82.0 Å². The summed E-state index contributed by atoms with van der Waals surface area (Å²) in [7, 11) is -3.06. The van der Waals surface area contributed by atoms with Gasteiger partial charge < -0.3 is 15.3 Å². The third-order valence-corrected chi connectivity index (χ3v) is 7.52. The molecule has 0 unspecified atom stereocenters. The molecule has 6 nitrogen and oxygen atoms in total. The largest absolute Gasteiger partial charge is 0.388 e. The molecule has 0 atom stereocenters. The smallest absolute Gasteiger partial charge is 0.194 e. The molecular weight excluding hydrogens is 441 g/mol. The highest BCUT2D eigenvalue weighted by Gasteiger charge is 2.41. The lowest BCUT2D eigenvalue weighted by molar-refractivity contribution is 0.0129. The van der Waals surface area contributed by atoms with Crippen LogP contribution in [-0.2, 0) is 9.84 Å². The van der Waals surface area contributed by atoms with Crippen molar-refractivity contribution >= 4 is 39.8 Å². The maximum absolute atomic E-state index is 12.2. The van der Waals surface area contributed by atoms with Crippen molar-refractivity contribution in [3.63, 3.8) is 0 Å². The summed E-state index contributed by atoms with van der Waals surface area (Å²) < 4.78 is 23.5. The molecule has 2 aliphatic rings. The van der Waals surface area contributed by atoms with E-state index in [1.54, 1.807) is 13.8 Å². The number of guanidine groups is 1. The van der Waals surface area contributed by atoms with E-state index in [2.05, 4.69) is 10.3 Å². The second-order valence-electron chi connectivity index (χ2n) is 7.46. The minimum Gasteiger partial charge on any atom is -0.388 e. The van der Waals surface area contributed by atoms with Crippen LogP contribution >= 0.6 is 24.0 Å². The van der Waals surface area contributed by atoms with Gasteiger partial charge in [0.15, 0.2) is 15.8 Å². The molecule has 24 heavy (non-hydrogen) atoms. The lowest BCUT2D eigenvalue weighted by Gasteiger charge is -2.39. The van der Waals surface area contributed by atoms with E-state index in [1.165, 1.54) is 6.42 Å². The van der Waals surface area contributed by atoms with Gasteiger partial charge >= 0.3 is 0 Å². The summed E-state index contributed by atoms with van der Waals surface area (Å²) in [5, 5.41) is 13.9. The Labute approximate surface area is 163 Å². The first-order valence-corrected chi connectivity index (χ1v) is 10.3. The average Bonchev–Trinajstić information content (AvgIpc) is 2.47. The van der Waals surface area contributed by atoms with Gasteiger partial charge in [-0.15, -0.1) is 24.0 Å². The molecule has 2 rings (SSSR count). The van der Waals surface area contributed by atoms with E-state index in [0.717, 1.165) is 38.2 Å². The highest BCUT2D eigenvalue weighted by molar-refractivity contribution is 14.0. The number of aliphatic hydroxyl groups is 1. The third-order valence-electron chi connectivity index (χ3n) is 4.99. The molecule has 1 saturated heterocycles. The minimum absolute atomic E-state index is 0. The molecule has 8 heteroatoms. The van der Waals surface area contributed by atoms with Gasteiger partial charge in [-0.2, -0.15) is 0 Å². The van der Waals surface area contributed by atoms with Crippen molar-refractivity contribution in [1.82, 2.24) is 10.2 Å². The van der Waals surface area contributed by atoms with Crippen LogP contribution in [0.2, 0.25) is 0 Å². The molecule has 0 radical (unpaired) electrons. The van der Waals surface area contributed by atoms with Gasteiger partial charge in [0.25, 0.3) is 0 Å². The Kier molecular flexibility index (Phi) is 7.80. The predicted octanol–water partition coefficient (Wildman–Crippen LogP) is 1.77. The Morgan fingerprint density at radius 1 is 1.25 bits per heavy atom. The zero-order valence-corrected chi connectivity index (χ0v) is 18.2. The fraction of sp³-hybridized carbons (Fsp3) is 0.938. The average molecular weight is 473 g/mol. The molecule has 142 valence electrons. The summed E-state index contributed by atoms with van der Waals surface area (Å²) in [6.07, 6.45) is 4.89. The van der Waals surface area contributed by atoms with Crippen molar-refractivity contribution < 1.29 is 13.5 Å². The Bertz CT molecular complexity index is 543. The lowest BCUT2D eigenvalue weighted by atomic mass is 9.85. The van der Waals surface area contributed by atoms with Gasteiger partial charge in [0, 0.05) is 19.6 Å². The number of halogens is 1. The number of nitrogens with zero attached hydrogens (tertiary/aromatic N) is 2. The molecule has 0 aromatic heterocycles. The third kappa shape index (κ3) is 5.20. The Hall–Kier alpha value is -0.0900. The van der Waals surface area contributed by atoms with E-state index in [-0.39, 0.29) is 29.7 Å². The van der Waals surface area contributed by atoms with Crippen molar-refractivity contribution in [3.8, 4) is 0 Å². The van der Waals surface area contributed by atoms with Gasteiger partial charge in [0.1, 0.15) is 0 Å². The van der Waals surface area contributed by atoms with E-state index in [4.69, 9.17) is 0 Å². The predicted molar refractivity (Wildman–Crippen MR) is 109 cm³/mol. The Balaban J connectivity index is 0.00000288. The number of nitrogens with one attached hydrogen (secondary N) is 1. The highest BCUT2D eigenvalue weighted by atomic mass is 127. The van der Waals surface area contributed by atoms with Crippen LogP contribution in [0.1, 0.15) is 52.9 Å². The number of rotatable bonds is 3. The molecule has 0 amide bonds. The lowest BCUT2D eigenvalue weighted by Crippen LogP contribution is -2.57. The number of aliphatic imine (C=N–C) groups is 1. The molecule has 0 bridgehead atoms. The van der Waals surface area contributed by atoms with E-state index < -0.39 is 20.2 Å². The van der Waals surface area contributed by atoms with Crippen LogP contribution in [0.3, 0.4) is 0 Å². The monoisotopic (exact) mass is 473 g/mol. The van der Waals surface area contributed by atoms with Gasteiger partial charge in [0.05, 0.1) is 22.6 Å². The van der Waals surface area contributed by atoms with Crippen molar-refractivity contribution in [2.75, 3.05) is 31.9 Å². The minimum atomic E-state index is -3.06. The summed E-state index contributed by atoms with van der Waals surface area (Å²) in [5.74, 6) is 0.865. The molecule has 2 fully saturated rings. The quantitative estimate of drug-likeness (QED) is 0.371. The zero-order valence-electron chi connectivity index (χ0n) is 15.0. The first-order valence-electron chi connectivity index (χ1n) is 8.67. The number of hydrogen-bond acceptors (Lipinski definition) is 4. The van der Waals surface area contributed by atoms with Gasteiger partial charge in [0.2, 0.25) is 0 Å². The molecule has 1 heterocycles. The van der Waals surface area contributed by atoms with Gasteiger partial charge in [-0.3, -0.25) is 4.99 Å². The van der Waals surface area contributed by atoms with E-state index in [9.17, 15) is 13.5 Å². The maximum atomic E-state index is 12.2. The van der Waals surface area contributed by atoms with E-state index in [1.807, 2.05) is 11.8 Å². The molecular formula is C16H32IN3O3S. The highest BCUT2D eigenvalue weighted by Crippen LogP contribution is 2.28. The van der Waals surface area contributed by atoms with Crippen LogP contribution in [0.4, 0.5) is 0 Å². The summed E-state index contributed by atoms with van der Waals surface area (Å²) in [6, 6.07) is 0. The normalized spacial score (nSPS) is 25.7. The molecule has 1 saturated carbocycles. The van der Waals surface area contributed by atoms with Crippen LogP contribution in [0.5, 0.6) is 0 Å². The van der Waals surface area contributed by atoms with Crippen molar-refractivity contribution in [1.29, 1.82) is 0 Å². The van der Waals surface area contributed by atoms with Gasteiger partial charge in [-0.25, -0.2) is 8.42 Å². The molecule has 0 aromatic rings. The molecule has 1 aliphatic carbocycles.